The van der Waals surface area contributed by atoms with Gasteiger partial charge in [0.2, 0.25) is 0 Å². The number of carbonyl (C=O) groups is 2. The molecule has 5 nitrogen and oxygen atoms in total. The number of urea groups is 1. The molecule has 110 valence electrons. The number of hydrogen-bond acceptors (Lipinski definition) is 2. The molecule has 0 saturated carbocycles. The fourth-order valence-electron chi connectivity index (χ4n) is 1.68. The van der Waals surface area contributed by atoms with Crippen molar-refractivity contribution in [2.45, 2.75) is 33.2 Å². The summed E-state index contributed by atoms with van der Waals surface area (Å²) in [6.45, 7) is 6.42. The van der Waals surface area contributed by atoms with Crippen LogP contribution >= 0.6 is 0 Å². The first-order chi connectivity index (χ1) is 9.41. The summed E-state index contributed by atoms with van der Waals surface area (Å²) in [7, 11) is 0. The molecule has 5 heteroatoms. The minimum absolute atomic E-state index is 0.0984. The average molecular weight is 278 g/mol. The van der Waals surface area contributed by atoms with Crippen LogP contribution in [0.3, 0.4) is 0 Å². The Labute approximate surface area is 119 Å². The van der Waals surface area contributed by atoms with E-state index in [1.165, 1.54) is 0 Å². The molecule has 0 aliphatic carbocycles. The summed E-state index contributed by atoms with van der Waals surface area (Å²) in [5, 5.41) is 14.6. The van der Waals surface area contributed by atoms with Gasteiger partial charge in [0.05, 0.1) is 5.56 Å². The Balaban J connectivity index is 2.45. The second kappa shape index (κ2) is 7.53. The third-order valence-electron chi connectivity index (χ3n) is 3.29. The standard InChI is InChI=1S/C15H22N2O3/c1-10(2)11(3)17-15(20)16-9-8-12-6-4-5-7-13(12)14(18)19/h4-7,10-11H,8-9H2,1-3H3,(H,18,19)(H2,16,17,20). The molecule has 1 aromatic rings. The molecule has 0 aliphatic heterocycles. The molecule has 0 saturated heterocycles. The molecule has 3 N–H and O–H groups in total. The van der Waals surface area contributed by atoms with Crippen molar-refractivity contribution in [1.82, 2.24) is 10.6 Å². The Bertz CT molecular complexity index is 472. The number of carboxylic acid groups (broad SMARTS) is 1. The summed E-state index contributed by atoms with van der Waals surface area (Å²) in [6, 6.07) is 6.69. The van der Waals surface area contributed by atoms with Crippen LogP contribution in [0.25, 0.3) is 0 Å². The van der Waals surface area contributed by atoms with Gasteiger partial charge in [0.25, 0.3) is 0 Å². The van der Waals surface area contributed by atoms with Gasteiger partial charge in [-0.2, -0.15) is 0 Å². The van der Waals surface area contributed by atoms with E-state index >= 15 is 0 Å². The second-order valence-corrected chi connectivity index (χ2v) is 5.15. The van der Waals surface area contributed by atoms with Crippen LogP contribution in [0.15, 0.2) is 24.3 Å². The Morgan fingerprint density at radius 3 is 2.45 bits per heavy atom. The molecule has 1 atom stereocenters. The molecule has 0 fully saturated rings. The molecular weight excluding hydrogens is 256 g/mol. The van der Waals surface area contributed by atoms with E-state index in [1.54, 1.807) is 24.3 Å². The normalized spacial score (nSPS) is 12.0. The molecule has 0 heterocycles. The largest absolute Gasteiger partial charge is 0.478 e. The number of aromatic carboxylic acids is 1. The van der Waals surface area contributed by atoms with Crippen LogP contribution in [0.4, 0.5) is 4.79 Å². The number of benzene rings is 1. The molecule has 2 amide bonds. The highest BCUT2D eigenvalue weighted by Gasteiger charge is 2.11. The number of rotatable bonds is 6. The van der Waals surface area contributed by atoms with Crippen molar-refractivity contribution in [3.8, 4) is 0 Å². The van der Waals surface area contributed by atoms with Crippen molar-refractivity contribution in [3.63, 3.8) is 0 Å². The molecule has 1 unspecified atom stereocenters. The Morgan fingerprint density at radius 1 is 1.20 bits per heavy atom. The maximum atomic E-state index is 11.6. The zero-order valence-corrected chi connectivity index (χ0v) is 12.1. The molecule has 20 heavy (non-hydrogen) atoms. The predicted molar refractivity (Wildman–Crippen MR) is 77.9 cm³/mol. The van der Waals surface area contributed by atoms with E-state index in [0.29, 0.717) is 18.9 Å². The lowest BCUT2D eigenvalue weighted by Crippen LogP contribution is -2.43. The van der Waals surface area contributed by atoms with Gasteiger partial charge in [0.1, 0.15) is 0 Å². The molecule has 1 rings (SSSR count). The maximum Gasteiger partial charge on any atom is 0.335 e. The first kappa shape index (κ1) is 16.0. The number of carboxylic acids is 1. The third kappa shape index (κ3) is 4.91. The monoisotopic (exact) mass is 278 g/mol. The summed E-state index contributed by atoms with van der Waals surface area (Å²) < 4.78 is 0. The summed E-state index contributed by atoms with van der Waals surface area (Å²) in [6.07, 6.45) is 0.492. The highest BCUT2D eigenvalue weighted by Crippen LogP contribution is 2.09. The second-order valence-electron chi connectivity index (χ2n) is 5.15. The van der Waals surface area contributed by atoms with Crippen LogP contribution in [0.1, 0.15) is 36.7 Å². The Morgan fingerprint density at radius 2 is 1.85 bits per heavy atom. The lowest BCUT2D eigenvalue weighted by molar-refractivity contribution is 0.0695. The van der Waals surface area contributed by atoms with E-state index in [1.807, 2.05) is 20.8 Å². The smallest absolute Gasteiger partial charge is 0.335 e. The Hall–Kier alpha value is -2.04. The van der Waals surface area contributed by atoms with Gasteiger partial charge < -0.3 is 15.7 Å². The zero-order valence-electron chi connectivity index (χ0n) is 12.1. The lowest BCUT2D eigenvalue weighted by atomic mass is 10.0. The van der Waals surface area contributed by atoms with Crippen LogP contribution in [0.5, 0.6) is 0 Å². The predicted octanol–water partition coefficient (Wildman–Crippen LogP) is 2.27. The molecule has 0 radical (unpaired) electrons. The highest BCUT2D eigenvalue weighted by molar-refractivity contribution is 5.89. The number of carbonyl (C=O) groups excluding carboxylic acids is 1. The topological polar surface area (TPSA) is 78.4 Å². The van der Waals surface area contributed by atoms with Gasteiger partial charge >= 0.3 is 12.0 Å². The lowest BCUT2D eigenvalue weighted by Gasteiger charge is -2.17. The van der Waals surface area contributed by atoms with E-state index in [2.05, 4.69) is 10.6 Å². The quantitative estimate of drug-likeness (QED) is 0.747. The fraction of sp³-hybridized carbons (Fsp3) is 0.467. The summed E-state index contributed by atoms with van der Waals surface area (Å²) >= 11 is 0. The molecule has 1 aromatic carbocycles. The van der Waals surface area contributed by atoms with Crippen LogP contribution in [-0.4, -0.2) is 29.7 Å². The van der Waals surface area contributed by atoms with Crippen molar-refractivity contribution < 1.29 is 14.7 Å². The van der Waals surface area contributed by atoms with Gasteiger partial charge in [-0.05, 0) is 30.9 Å². The zero-order chi connectivity index (χ0) is 15.1. The van der Waals surface area contributed by atoms with Crippen molar-refractivity contribution in [3.05, 3.63) is 35.4 Å². The summed E-state index contributed by atoms with van der Waals surface area (Å²) in [5.41, 5.74) is 1.00. The molecule has 0 aliphatic rings. The van der Waals surface area contributed by atoms with Crippen molar-refractivity contribution in [2.75, 3.05) is 6.54 Å². The Kier molecular flexibility index (Phi) is 6.03. The van der Waals surface area contributed by atoms with Gasteiger partial charge in [-0.15, -0.1) is 0 Å². The van der Waals surface area contributed by atoms with Crippen molar-refractivity contribution >= 4 is 12.0 Å². The molecule has 0 spiro atoms. The first-order valence-electron chi connectivity index (χ1n) is 6.77. The minimum Gasteiger partial charge on any atom is -0.478 e. The minimum atomic E-state index is -0.946. The SMILES string of the molecule is CC(C)C(C)NC(=O)NCCc1ccccc1C(=O)O. The summed E-state index contributed by atoms with van der Waals surface area (Å²) in [4.78, 5) is 22.7. The van der Waals surface area contributed by atoms with E-state index in [0.717, 1.165) is 5.56 Å². The van der Waals surface area contributed by atoms with Crippen LogP contribution in [-0.2, 0) is 6.42 Å². The molecule has 0 aromatic heterocycles. The van der Waals surface area contributed by atoms with Crippen LogP contribution < -0.4 is 10.6 Å². The van der Waals surface area contributed by atoms with Gasteiger partial charge in [0, 0.05) is 12.6 Å². The maximum absolute atomic E-state index is 11.6. The average Bonchev–Trinajstić information content (AvgIpc) is 2.38. The van der Waals surface area contributed by atoms with Crippen LogP contribution in [0.2, 0.25) is 0 Å². The number of amides is 2. The van der Waals surface area contributed by atoms with Crippen molar-refractivity contribution in [1.29, 1.82) is 0 Å². The van der Waals surface area contributed by atoms with E-state index < -0.39 is 5.97 Å². The number of nitrogens with one attached hydrogen (secondary N) is 2. The van der Waals surface area contributed by atoms with E-state index in [4.69, 9.17) is 5.11 Å². The highest BCUT2D eigenvalue weighted by atomic mass is 16.4. The van der Waals surface area contributed by atoms with Crippen LogP contribution in [0, 0.1) is 5.92 Å². The van der Waals surface area contributed by atoms with Crippen molar-refractivity contribution in [2.24, 2.45) is 5.92 Å². The van der Waals surface area contributed by atoms with Gasteiger partial charge in [-0.3, -0.25) is 0 Å². The fourth-order valence-corrected chi connectivity index (χ4v) is 1.68. The van der Waals surface area contributed by atoms with E-state index in [-0.39, 0.29) is 17.6 Å². The molecule has 0 bridgehead atoms. The van der Waals surface area contributed by atoms with Gasteiger partial charge in [-0.1, -0.05) is 32.0 Å². The third-order valence-corrected chi connectivity index (χ3v) is 3.29. The van der Waals surface area contributed by atoms with Gasteiger partial charge in [-0.25, -0.2) is 9.59 Å². The van der Waals surface area contributed by atoms with Gasteiger partial charge in [0.15, 0.2) is 0 Å². The first-order valence-corrected chi connectivity index (χ1v) is 6.77. The summed E-state index contributed by atoms with van der Waals surface area (Å²) in [5.74, 6) is -0.577. The molecular formula is C15H22N2O3. The van der Waals surface area contributed by atoms with E-state index in [9.17, 15) is 9.59 Å². The number of hydrogen-bond donors (Lipinski definition) is 3.